The molecule has 1 N–H and O–H groups in total. The summed E-state index contributed by atoms with van der Waals surface area (Å²) in [5, 5.41) is 17.2. The number of carbonyl (C=O) groups excluding carboxylic acids is 2. The number of nitrogens with one attached hydrogen (secondary N) is 1. The van der Waals surface area contributed by atoms with Gasteiger partial charge in [-0.2, -0.15) is 10.4 Å². The molecule has 1 saturated carbocycles. The van der Waals surface area contributed by atoms with Crippen LogP contribution in [0.3, 0.4) is 0 Å². The maximum Gasteiger partial charge on any atom is 0.270 e. The SMILES string of the molecule is CC(C)C(=O)N1CCC(NC(=O)c2c(C3CC3)c(-c3ccc(C#N)cc3)nn2C(C)C)C1. The lowest BCUT2D eigenvalue weighted by molar-refractivity contribution is -0.133. The molecule has 1 aromatic heterocycles. The summed E-state index contributed by atoms with van der Waals surface area (Å²) in [6.45, 7) is 9.10. The number of amides is 2. The van der Waals surface area contributed by atoms with Crippen LogP contribution in [0.4, 0.5) is 0 Å². The van der Waals surface area contributed by atoms with E-state index in [2.05, 4.69) is 11.4 Å². The molecule has 2 aliphatic rings. The van der Waals surface area contributed by atoms with Gasteiger partial charge in [-0.25, -0.2) is 0 Å². The van der Waals surface area contributed by atoms with Crippen LogP contribution in [0.2, 0.25) is 0 Å². The van der Waals surface area contributed by atoms with Crippen molar-refractivity contribution >= 4 is 11.8 Å². The van der Waals surface area contributed by atoms with Crippen LogP contribution in [-0.2, 0) is 4.79 Å². The molecule has 7 nitrogen and oxygen atoms in total. The van der Waals surface area contributed by atoms with E-state index >= 15 is 0 Å². The Kier molecular flexibility index (Phi) is 6.05. The van der Waals surface area contributed by atoms with Crippen LogP contribution in [0, 0.1) is 17.2 Å². The quantitative estimate of drug-likeness (QED) is 0.749. The summed E-state index contributed by atoms with van der Waals surface area (Å²) in [6, 6.07) is 9.53. The zero-order valence-corrected chi connectivity index (χ0v) is 19.3. The second kappa shape index (κ2) is 8.78. The minimum atomic E-state index is -0.114. The van der Waals surface area contributed by atoms with Crippen molar-refractivity contribution in [2.45, 2.75) is 65.0 Å². The van der Waals surface area contributed by atoms with Crippen LogP contribution in [0.25, 0.3) is 11.3 Å². The van der Waals surface area contributed by atoms with Crippen LogP contribution in [-0.4, -0.2) is 45.6 Å². The summed E-state index contributed by atoms with van der Waals surface area (Å²) in [7, 11) is 0. The topological polar surface area (TPSA) is 91.0 Å². The summed E-state index contributed by atoms with van der Waals surface area (Å²) >= 11 is 0. The van der Waals surface area contributed by atoms with Crippen molar-refractivity contribution in [3.63, 3.8) is 0 Å². The van der Waals surface area contributed by atoms with Crippen molar-refractivity contribution in [3.8, 4) is 17.3 Å². The lowest BCUT2D eigenvalue weighted by Gasteiger charge is -2.19. The molecule has 1 unspecified atom stereocenters. The predicted octanol–water partition coefficient (Wildman–Crippen LogP) is 3.87. The fraction of sp³-hybridized carbons (Fsp3) is 0.520. The zero-order valence-electron chi connectivity index (χ0n) is 19.3. The third-order valence-electron chi connectivity index (χ3n) is 6.25. The average Bonchev–Trinajstić information content (AvgIpc) is 3.37. The highest BCUT2D eigenvalue weighted by Gasteiger charge is 2.37. The Balaban J connectivity index is 1.64. The van der Waals surface area contributed by atoms with Crippen molar-refractivity contribution in [1.82, 2.24) is 20.0 Å². The van der Waals surface area contributed by atoms with Gasteiger partial charge in [-0.3, -0.25) is 14.3 Å². The smallest absolute Gasteiger partial charge is 0.270 e. The minimum absolute atomic E-state index is 0.0305. The molecule has 0 bridgehead atoms. The molecule has 2 amide bonds. The van der Waals surface area contributed by atoms with E-state index < -0.39 is 0 Å². The first-order valence-electron chi connectivity index (χ1n) is 11.5. The fourth-order valence-corrected chi connectivity index (χ4v) is 4.42. The fourth-order valence-electron chi connectivity index (χ4n) is 4.42. The van der Waals surface area contributed by atoms with Gasteiger partial charge >= 0.3 is 0 Å². The van der Waals surface area contributed by atoms with E-state index in [-0.39, 0.29) is 29.8 Å². The number of aromatic nitrogens is 2. The molecule has 0 spiro atoms. The lowest BCUT2D eigenvalue weighted by atomic mass is 10.0. The van der Waals surface area contributed by atoms with E-state index in [4.69, 9.17) is 10.4 Å². The monoisotopic (exact) mass is 433 g/mol. The molecule has 1 aliphatic heterocycles. The molecular formula is C25H31N5O2. The molecule has 1 atom stereocenters. The van der Waals surface area contributed by atoms with Crippen LogP contribution in [0.5, 0.6) is 0 Å². The Hall–Kier alpha value is -3.14. The molecule has 1 aliphatic carbocycles. The van der Waals surface area contributed by atoms with E-state index in [1.54, 1.807) is 12.1 Å². The number of nitriles is 1. The van der Waals surface area contributed by atoms with Crippen molar-refractivity contribution < 1.29 is 9.59 Å². The number of rotatable bonds is 6. The second-order valence-corrected chi connectivity index (χ2v) is 9.51. The Morgan fingerprint density at radius 2 is 1.81 bits per heavy atom. The van der Waals surface area contributed by atoms with Gasteiger partial charge in [0.1, 0.15) is 5.69 Å². The second-order valence-electron chi connectivity index (χ2n) is 9.51. The Morgan fingerprint density at radius 3 is 2.38 bits per heavy atom. The Labute approximate surface area is 189 Å². The number of hydrogen-bond acceptors (Lipinski definition) is 4. The maximum atomic E-state index is 13.5. The summed E-state index contributed by atoms with van der Waals surface area (Å²) in [5.41, 5.74) is 4.00. The first kappa shape index (κ1) is 22.1. The van der Waals surface area contributed by atoms with Gasteiger partial charge in [0.25, 0.3) is 5.91 Å². The number of likely N-dealkylation sites (tertiary alicyclic amines) is 1. The third-order valence-corrected chi connectivity index (χ3v) is 6.25. The van der Waals surface area contributed by atoms with E-state index in [1.807, 2.05) is 49.4 Å². The molecule has 2 fully saturated rings. The normalized spacial score (nSPS) is 18.3. The molecule has 1 aromatic carbocycles. The van der Waals surface area contributed by atoms with Crippen molar-refractivity contribution in [3.05, 3.63) is 41.1 Å². The third kappa shape index (κ3) is 4.27. The highest BCUT2D eigenvalue weighted by atomic mass is 16.2. The van der Waals surface area contributed by atoms with Crippen LogP contribution >= 0.6 is 0 Å². The van der Waals surface area contributed by atoms with Crippen LogP contribution in [0.15, 0.2) is 24.3 Å². The highest BCUT2D eigenvalue weighted by molar-refractivity contribution is 5.96. The maximum absolute atomic E-state index is 13.5. The predicted molar refractivity (Wildman–Crippen MR) is 122 cm³/mol. The summed E-state index contributed by atoms with van der Waals surface area (Å²) < 4.78 is 1.84. The molecule has 2 heterocycles. The van der Waals surface area contributed by atoms with E-state index in [0.717, 1.165) is 36.1 Å². The molecule has 32 heavy (non-hydrogen) atoms. The molecule has 0 radical (unpaired) electrons. The molecule has 1 saturated heterocycles. The number of carbonyl (C=O) groups is 2. The van der Waals surface area contributed by atoms with Gasteiger partial charge < -0.3 is 10.2 Å². The first-order valence-corrected chi connectivity index (χ1v) is 11.5. The van der Waals surface area contributed by atoms with Crippen LogP contribution in [0.1, 0.15) is 80.5 Å². The molecular weight excluding hydrogens is 402 g/mol. The van der Waals surface area contributed by atoms with Crippen molar-refractivity contribution in [2.24, 2.45) is 5.92 Å². The largest absolute Gasteiger partial charge is 0.346 e. The number of hydrogen-bond donors (Lipinski definition) is 1. The number of nitrogens with zero attached hydrogens (tertiary/aromatic N) is 4. The van der Waals surface area contributed by atoms with E-state index in [9.17, 15) is 9.59 Å². The van der Waals surface area contributed by atoms with Crippen molar-refractivity contribution in [2.75, 3.05) is 13.1 Å². The Bertz CT molecular complexity index is 1060. The van der Waals surface area contributed by atoms with Crippen LogP contribution < -0.4 is 5.32 Å². The van der Waals surface area contributed by atoms with Crippen molar-refractivity contribution in [1.29, 1.82) is 5.26 Å². The van der Waals surface area contributed by atoms with E-state index in [1.165, 1.54) is 0 Å². The highest BCUT2D eigenvalue weighted by Crippen LogP contribution is 2.46. The molecule has 7 heteroatoms. The number of benzene rings is 1. The van der Waals surface area contributed by atoms with Gasteiger partial charge in [-0.15, -0.1) is 0 Å². The van der Waals surface area contributed by atoms with Gasteiger partial charge in [0.15, 0.2) is 0 Å². The van der Waals surface area contributed by atoms with Gasteiger partial charge in [-0.05, 0) is 51.2 Å². The molecule has 4 rings (SSSR count). The minimum Gasteiger partial charge on any atom is -0.346 e. The standard InChI is InChI=1S/C25H31N5O2/c1-15(2)25(32)29-12-11-20(14-29)27-24(31)23-21(18-9-10-18)22(28-30(23)16(3)4)19-7-5-17(13-26)6-8-19/h5-8,15-16,18,20H,9-12,14H2,1-4H3,(H,27,31). The summed E-state index contributed by atoms with van der Waals surface area (Å²) in [6.07, 6.45) is 2.86. The lowest BCUT2D eigenvalue weighted by Crippen LogP contribution is -2.40. The molecule has 168 valence electrons. The van der Waals surface area contributed by atoms with Gasteiger partial charge in [-0.1, -0.05) is 26.0 Å². The Morgan fingerprint density at radius 1 is 1.12 bits per heavy atom. The first-order chi connectivity index (χ1) is 15.3. The average molecular weight is 434 g/mol. The van der Waals surface area contributed by atoms with Gasteiger partial charge in [0, 0.05) is 42.2 Å². The zero-order chi connectivity index (χ0) is 23.0. The summed E-state index contributed by atoms with van der Waals surface area (Å²) in [5.74, 6) is 0.312. The van der Waals surface area contributed by atoms with Gasteiger partial charge in [0.2, 0.25) is 5.91 Å². The summed E-state index contributed by atoms with van der Waals surface area (Å²) in [4.78, 5) is 27.7. The molecule has 2 aromatic rings. The van der Waals surface area contributed by atoms with E-state index in [0.29, 0.717) is 30.3 Å². The van der Waals surface area contributed by atoms with Gasteiger partial charge in [0.05, 0.1) is 17.3 Å².